The van der Waals surface area contributed by atoms with Crippen molar-refractivity contribution in [2.24, 2.45) is 0 Å². The summed E-state index contributed by atoms with van der Waals surface area (Å²) in [7, 11) is 0. The van der Waals surface area contributed by atoms with Gasteiger partial charge in [0.25, 0.3) is 0 Å². The number of aromatic amines is 1. The Morgan fingerprint density at radius 3 is 1.91 bits per heavy atom. The van der Waals surface area contributed by atoms with E-state index in [2.05, 4.69) is 4.98 Å². The van der Waals surface area contributed by atoms with Crippen molar-refractivity contribution >= 4 is 0 Å². The fourth-order valence-electron chi connectivity index (χ4n) is 1.41. The summed E-state index contributed by atoms with van der Waals surface area (Å²) in [6.45, 7) is 1.33. The molecule has 1 aromatic heterocycles. The predicted molar refractivity (Wildman–Crippen MR) is 38.5 cm³/mol. The summed E-state index contributed by atoms with van der Waals surface area (Å²) >= 11 is 0. The summed E-state index contributed by atoms with van der Waals surface area (Å²) in [4.78, 5) is 24.2. The second-order valence-corrected chi connectivity index (χ2v) is 2.69. The van der Waals surface area contributed by atoms with E-state index < -0.39 is 0 Å². The molecule has 0 radical (unpaired) electrons. The molecule has 5 nitrogen and oxygen atoms in total. The van der Waals surface area contributed by atoms with E-state index in [4.69, 9.17) is 0 Å². The van der Waals surface area contributed by atoms with Crippen LogP contribution < -0.4 is 11.4 Å². The molecular formula is C6H9N3O2. The van der Waals surface area contributed by atoms with Gasteiger partial charge in [0.15, 0.2) is 0 Å². The van der Waals surface area contributed by atoms with Gasteiger partial charge >= 0.3 is 11.4 Å². The lowest BCUT2D eigenvalue weighted by Gasteiger charge is -2.13. The number of nitrogens with zero attached hydrogens (tertiary/aromatic N) is 2. The molecule has 0 saturated carbocycles. The highest BCUT2D eigenvalue weighted by Gasteiger charge is 2.11. The molecule has 1 aliphatic rings. The lowest BCUT2D eigenvalue weighted by atomic mass is 10.3. The van der Waals surface area contributed by atoms with Crippen LogP contribution in [-0.4, -0.2) is 14.3 Å². The lowest BCUT2D eigenvalue weighted by molar-refractivity contribution is 0.348. The highest BCUT2D eigenvalue weighted by atomic mass is 16.2. The van der Waals surface area contributed by atoms with Crippen LogP contribution in [0.2, 0.25) is 0 Å². The van der Waals surface area contributed by atoms with Crippen molar-refractivity contribution in [2.75, 3.05) is 0 Å². The van der Waals surface area contributed by atoms with E-state index in [1.807, 2.05) is 0 Å². The van der Waals surface area contributed by atoms with E-state index in [1.54, 1.807) is 0 Å². The van der Waals surface area contributed by atoms with Gasteiger partial charge in [-0.25, -0.2) is 19.0 Å². The normalized spacial score (nSPS) is 16.4. The number of H-pyrrole nitrogens is 1. The van der Waals surface area contributed by atoms with Crippen LogP contribution in [0.15, 0.2) is 9.59 Å². The van der Waals surface area contributed by atoms with Gasteiger partial charge in [-0.3, -0.25) is 4.98 Å². The first-order valence-corrected chi connectivity index (χ1v) is 3.69. The molecular weight excluding hydrogens is 146 g/mol. The number of nitrogens with one attached hydrogen (secondary N) is 1. The maximum Gasteiger partial charge on any atom is 0.344 e. The molecule has 0 aromatic carbocycles. The standard InChI is InChI=1S/C6H9N3O2/c10-5-7-6(11)9-4-2-1-3-8(5)9/h1-4H2,(H,7,10,11). The van der Waals surface area contributed by atoms with Crippen LogP contribution in [0.1, 0.15) is 12.8 Å². The molecule has 1 aromatic rings. The van der Waals surface area contributed by atoms with Gasteiger partial charge in [-0.2, -0.15) is 0 Å². The molecule has 0 aliphatic carbocycles. The molecule has 1 N–H and O–H groups in total. The number of fused-ring (bicyclic) bond motifs is 1. The van der Waals surface area contributed by atoms with Gasteiger partial charge in [-0.15, -0.1) is 0 Å². The Bertz CT molecular complexity index is 335. The van der Waals surface area contributed by atoms with Crippen LogP contribution in [0.25, 0.3) is 0 Å². The average Bonchev–Trinajstić information content (AvgIpc) is 2.30. The van der Waals surface area contributed by atoms with Crippen LogP contribution in [0.4, 0.5) is 0 Å². The van der Waals surface area contributed by atoms with E-state index in [9.17, 15) is 9.59 Å². The van der Waals surface area contributed by atoms with E-state index in [-0.39, 0.29) is 11.4 Å². The van der Waals surface area contributed by atoms with Gasteiger partial charge in [-0.05, 0) is 12.8 Å². The molecule has 1 aliphatic heterocycles. The summed E-state index contributed by atoms with van der Waals surface area (Å²) in [5, 5.41) is 0. The first-order chi connectivity index (χ1) is 5.29. The Morgan fingerprint density at radius 2 is 1.45 bits per heavy atom. The smallest absolute Gasteiger partial charge is 0.257 e. The third-order valence-electron chi connectivity index (χ3n) is 1.96. The minimum absolute atomic E-state index is 0.283. The zero-order chi connectivity index (χ0) is 7.84. The molecule has 0 saturated heterocycles. The van der Waals surface area contributed by atoms with Crippen LogP contribution >= 0.6 is 0 Å². The molecule has 0 bridgehead atoms. The highest BCUT2D eigenvalue weighted by molar-refractivity contribution is 4.70. The molecule has 11 heavy (non-hydrogen) atoms. The van der Waals surface area contributed by atoms with Crippen LogP contribution in [-0.2, 0) is 13.1 Å². The largest absolute Gasteiger partial charge is 0.344 e. The third-order valence-corrected chi connectivity index (χ3v) is 1.96. The van der Waals surface area contributed by atoms with E-state index in [0.29, 0.717) is 13.1 Å². The monoisotopic (exact) mass is 155 g/mol. The number of aromatic nitrogens is 3. The first kappa shape index (κ1) is 6.45. The predicted octanol–water partition coefficient (Wildman–Crippen LogP) is -0.868. The van der Waals surface area contributed by atoms with Crippen molar-refractivity contribution in [3.8, 4) is 0 Å². The topological polar surface area (TPSA) is 59.8 Å². The van der Waals surface area contributed by atoms with Crippen molar-refractivity contribution in [2.45, 2.75) is 25.9 Å². The van der Waals surface area contributed by atoms with Gasteiger partial charge < -0.3 is 0 Å². The summed E-state index contributed by atoms with van der Waals surface area (Å²) < 4.78 is 2.93. The summed E-state index contributed by atoms with van der Waals surface area (Å²) in [6, 6.07) is 0. The van der Waals surface area contributed by atoms with Crippen LogP contribution in [0.5, 0.6) is 0 Å². The minimum atomic E-state index is -0.283. The fourth-order valence-corrected chi connectivity index (χ4v) is 1.41. The highest BCUT2D eigenvalue weighted by Crippen LogP contribution is 2.00. The quantitative estimate of drug-likeness (QED) is 0.529. The van der Waals surface area contributed by atoms with Crippen molar-refractivity contribution in [3.63, 3.8) is 0 Å². The Hall–Kier alpha value is -1.26. The zero-order valence-corrected chi connectivity index (χ0v) is 6.04. The van der Waals surface area contributed by atoms with Crippen molar-refractivity contribution in [3.05, 3.63) is 21.0 Å². The molecule has 2 heterocycles. The van der Waals surface area contributed by atoms with Gasteiger partial charge in [0, 0.05) is 13.1 Å². The molecule has 0 atom stereocenters. The van der Waals surface area contributed by atoms with Crippen LogP contribution in [0, 0.1) is 0 Å². The maximum atomic E-state index is 11.0. The second-order valence-electron chi connectivity index (χ2n) is 2.69. The lowest BCUT2D eigenvalue weighted by Crippen LogP contribution is -2.30. The number of hydrogen-bond acceptors (Lipinski definition) is 2. The minimum Gasteiger partial charge on any atom is -0.257 e. The van der Waals surface area contributed by atoms with Crippen molar-refractivity contribution in [1.82, 2.24) is 14.3 Å². The number of hydrogen-bond donors (Lipinski definition) is 1. The van der Waals surface area contributed by atoms with E-state index in [1.165, 1.54) is 9.36 Å². The average molecular weight is 155 g/mol. The zero-order valence-electron chi connectivity index (χ0n) is 6.04. The summed E-state index contributed by atoms with van der Waals surface area (Å²) in [6.07, 6.45) is 1.97. The first-order valence-electron chi connectivity index (χ1n) is 3.69. The molecule has 0 unspecified atom stereocenters. The molecule has 0 amide bonds. The molecule has 0 fully saturated rings. The Balaban J connectivity index is 2.70. The fraction of sp³-hybridized carbons (Fsp3) is 0.667. The second kappa shape index (κ2) is 2.11. The van der Waals surface area contributed by atoms with Gasteiger partial charge in [0.1, 0.15) is 0 Å². The molecule has 60 valence electrons. The van der Waals surface area contributed by atoms with Crippen molar-refractivity contribution in [1.29, 1.82) is 0 Å². The summed E-state index contributed by atoms with van der Waals surface area (Å²) in [5.74, 6) is 0. The Kier molecular flexibility index (Phi) is 1.24. The maximum absolute atomic E-state index is 11.0. The molecule has 2 rings (SSSR count). The third kappa shape index (κ3) is 0.840. The Morgan fingerprint density at radius 1 is 1.00 bits per heavy atom. The van der Waals surface area contributed by atoms with Gasteiger partial charge in [0.05, 0.1) is 0 Å². The van der Waals surface area contributed by atoms with E-state index in [0.717, 1.165) is 12.8 Å². The Labute approximate surface area is 62.2 Å². The van der Waals surface area contributed by atoms with E-state index >= 15 is 0 Å². The summed E-state index contributed by atoms with van der Waals surface area (Å²) in [5.41, 5.74) is -0.565. The number of rotatable bonds is 0. The SMILES string of the molecule is O=c1[nH]c(=O)n2n1CCCC2. The van der Waals surface area contributed by atoms with Crippen LogP contribution in [0.3, 0.4) is 0 Å². The van der Waals surface area contributed by atoms with Crippen molar-refractivity contribution < 1.29 is 0 Å². The van der Waals surface area contributed by atoms with Gasteiger partial charge in [0.2, 0.25) is 0 Å². The molecule has 5 heteroatoms. The van der Waals surface area contributed by atoms with Gasteiger partial charge in [-0.1, -0.05) is 0 Å². The molecule has 0 spiro atoms.